The van der Waals surface area contributed by atoms with Crippen molar-refractivity contribution in [3.8, 4) is 22.8 Å². The molecule has 1 aromatic carbocycles. The number of anilines is 1. The maximum absolute atomic E-state index is 12.2. The molecule has 0 radical (unpaired) electrons. The lowest BCUT2D eigenvalue weighted by molar-refractivity contribution is 0.101. The standard InChI is InChI=1S/C16H16N4O4S/c1-4-14-18-19-16(25-14)17-15(21)10-8-12(24-20-10)9-5-6-11(22-2)13(7-9)23-3/h5-8H,4H2,1-3H3,(H,17,19,21). The van der Waals surface area contributed by atoms with E-state index in [1.54, 1.807) is 38.5 Å². The number of benzene rings is 1. The number of amides is 1. The van der Waals surface area contributed by atoms with Gasteiger partial charge < -0.3 is 14.0 Å². The fourth-order valence-corrected chi connectivity index (χ4v) is 2.79. The summed E-state index contributed by atoms with van der Waals surface area (Å²) in [4.78, 5) is 12.2. The molecule has 0 saturated carbocycles. The van der Waals surface area contributed by atoms with Gasteiger partial charge in [-0.3, -0.25) is 10.1 Å². The van der Waals surface area contributed by atoms with Crippen LogP contribution >= 0.6 is 11.3 Å². The van der Waals surface area contributed by atoms with Crippen molar-refractivity contribution in [3.05, 3.63) is 35.0 Å². The topological polar surface area (TPSA) is 99.4 Å². The predicted molar refractivity (Wildman–Crippen MR) is 92.3 cm³/mol. The average molecular weight is 360 g/mol. The van der Waals surface area contributed by atoms with Crippen LogP contribution in [0.4, 0.5) is 5.13 Å². The highest BCUT2D eigenvalue weighted by atomic mass is 32.1. The highest BCUT2D eigenvalue weighted by Crippen LogP contribution is 2.32. The lowest BCUT2D eigenvalue weighted by Crippen LogP contribution is -2.11. The number of aryl methyl sites for hydroxylation is 1. The van der Waals surface area contributed by atoms with Crippen LogP contribution in [0.3, 0.4) is 0 Å². The molecule has 130 valence electrons. The second-order valence-corrected chi connectivity index (χ2v) is 6.02. The molecule has 3 rings (SSSR count). The molecule has 0 bridgehead atoms. The van der Waals surface area contributed by atoms with Crippen LogP contribution in [0.25, 0.3) is 11.3 Å². The van der Waals surface area contributed by atoms with Crippen molar-refractivity contribution in [2.45, 2.75) is 13.3 Å². The van der Waals surface area contributed by atoms with Crippen molar-refractivity contribution in [1.29, 1.82) is 0 Å². The molecule has 0 fully saturated rings. The van der Waals surface area contributed by atoms with Gasteiger partial charge in [-0.2, -0.15) is 0 Å². The minimum atomic E-state index is -0.408. The van der Waals surface area contributed by atoms with Gasteiger partial charge in [-0.25, -0.2) is 0 Å². The molecular weight excluding hydrogens is 344 g/mol. The summed E-state index contributed by atoms with van der Waals surface area (Å²) in [6, 6.07) is 6.85. The summed E-state index contributed by atoms with van der Waals surface area (Å²) in [7, 11) is 3.11. The van der Waals surface area contributed by atoms with Crippen molar-refractivity contribution in [2.75, 3.05) is 19.5 Å². The molecule has 2 heterocycles. The van der Waals surface area contributed by atoms with Gasteiger partial charge in [0.05, 0.1) is 14.2 Å². The third-order valence-electron chi connectivity index (χ3n) is 3.40. The number of aromatic nitrogens is 3. The Labute approximate surface area is 147 Å². The van der Waals surface area contributed by atoms with Gasteiger partial charge in [0.1, 0.15) is 5.01 Å². The second-order valence-electron chi connectivity index (χ2n) is 4.95. The molecule has 2 aromatic heterocycles. The summed E-state index contributed by atoms with van der Waals surface area (Å²) in [5, 5.41) is 15.6. The molecule has 0 saturated heterocycles. The fraction of sp³-hybridized carbons (Fsp3) is 0.250. The third-order valence-corrected chi connectivity index (χ3v) is 4.38. The SMILES string of the molecule is CCc1nnc(NC(=O)c2cc(-c3ccc(OC)c(OC)c3)on2)s1. The Morgan fingerprint density at radius 1 is 1.20 bits per heavy atom. The van der Waals surface area contributed by atoms with E-state index in [-0.39, 0.29) is 5.69 Å². The van der Waals surface area contributed by atoms with Gasteiger partial charge in [0, 0.05) is 11.6 Å². The van der Waals surface area contributed by atoms with Gasteiger partial charge in [0.2, 0.25) is 5.13 Å². The summed E-state index contributed by atoms with van der Waals surface area (Å²) in [5.74, 6) is 1.20. The van der Waals surface area contributed by atoms with Crippen molar-refractivity contribution in [2.24, 2.45) is 0 Å². The van der Waals surface area contributed by atoms with Gasteiger partial charge in [0.15, 0.2) is 23.0 Å². The number of carbonyl (C=O) groups is 1. The Morgan fingerprint density at radius 2 is 2.00 bits per heavy atom. The largest absolute Gasteiger partial charge is 0.493 e. The van der Waals surface area contributed by atoms with Crippen molar-refractivity contribution < 1.29 is 18.8 Å². The molecule has 3 aromatic rings. The predicted octanol–water partition coefficient (Wildman–Crippen LogP) is 3.03. The quantitative estimate of drug-likeness (QED) is 0.721. The van der Waals surface area contributed by atoms with Crippen molar-refractivity contribution >= 4 is 22.4 Å². The van der Waals surface area contributed by atoms with E-state index < -0.39 is 5.91 Å². The Kier molecular flexibility index (Phi) is 4.94. The maximum Gasteiger partial charge on any atom is 0.279 e. The minimum absolute atomic E-state index is 0.151. The molecule has 0 atom stereocenters. The summed E-state index contributed by atoms with van der Waals surface area (Å²) < 4.78 is 15.7. The highest BCUT2D eigenvalue weighted by molar-refractivity contribution is 7.15. The van der Waals surface area contributed by atoms with E-state index in [4.69, 9.17) is 14.0 Å². The van der Waals surface area contributed by atoms with Gasteiger partial charge in [-0.05, 0) is 24.6 Å². The molecule has 0 spiro atoms. The van der Waals surface area contributed by atoms with Gasteiger partial charge in [-0.1, -0.05) is 23.4 Å². The highest BCUT2D eigenvalue weighted by Gasteiger charge is 2.17. The number of rotatable bonds is 6. The van der Waals surface area contributed by atoms with Crippen LogP contribution in [0, 0.1) is 0 Å². The van der Waals surface area contributed by atoms with E-state index in [0.29, 0.717) is 28.0 Å². The zero-order valence-electron chi connectivity index (χ0n) is 13.9. The summed E-state index contributed by atoms with van der Waals surface area (Å²) in [6.07, 6.45) is 0.765. The van der Waals surface area contributed by atoms with E-state index >= 15 is 0 Å². The maximum atomic E-state index is 12.2. The molecule has 0 unspecified atom stereocenters. The van der Waals surface area contributed by atoms with Gasteiger partial charge in [0.25, 0.3) is 5.91 Å². The molecule has 1 N–H and O–H groups in total. The van der Waals surface area contributed by atoms with E-state index in [0.717, 1.165) is 11.4 Å². The lowest BCUT2D eigenvalue weighted by Gasteiger charge is -2.07. The summed E-state index contributed by atoms with van der Waals surface area (Å²) in [5.41, 5.74) is 0.867. The van der Waals surface area contributed by atoms with E-state index in [1.165, 1.54) is 11.3 Å². The Morgan fingerprint density at radius 3 is 2.68 bits per heavy atom. The number of nitrogens with one attached hydrogen (secondary N) is 1. The van der Waals surface area contributed by atoms with Crippen LogP contribution in [-0.4, -0.2) is 35.5 Å². The van der Waals surface area contributed by atoms with E-state index in [1.807, 2.05) is 6.92 Å². The zero-order chi connectivity index (χ0) is 17.8. The first-order valence-electron chi connectivity index (χ1n) is 7.47. The van der Waals surface area contributed by atoms with Crippen molar-refractivity contribution in [3.63, 3.8) is 0 Å². The van der Waals surface area contributed by atoms with Crippen LogP contribution in [-0.2, 0) is 6.42 Å². The average Bonchev–Trinajstić information content (AvgIpc) is 3.30. The second kappa shape index (κ2) is 7.31. The number of carbonyl (C=O) groups excluding carboxylic acids is 1. The summed E-state index contributed by atoms with van der Waals surface area (Å²) in [6.45, 7) is 1.97. The number of methoxy groups -OCH3 is 2. The smallest absolute Gasteiger partial charge is 0.279 e. The molecule has 0 aliphatic rings. The Bertz CT molecular complexity index is 890. The van der Waals surface area contributed by atoms with Gasteiger partial charge >= 0.3 is 0 Å². The molecule has 8 nitrogen and oxygen atoms in total. The lowest BCUT2D eigenvalue weighted by atomic mass is 10.1. The first kappa shape index (κ1) is 16.9. The molecule has 9 heteroatoms. The minimum Gasteiger partial charge on any atom is -0.493 e. The molecule has 25 heavy (non-hydrogen) atoms. The molecule has 0 aliphatic heterocycles. The fourth-order valence-electron chi connectivity index (χ4n) is 2.12. The molecule has 0 aliphatic carbocycles. The van der Waals surface area contributed by atoms with Crippen LogP contribution in [0.1, 0.15) is 22.4 Å². The van der Waals surface area contributed by atoms with Crippen LogP contribution in [0.5, 0.6) is 11.5 Å². The zero-order valence-corrected chi connectivity index (χ0v) is 14.7. The van der Waals surface area contributed by atoms with E-state index in [2.05, 4.69) is 20.7 Å². The summed E-state index contributed by atoms with van der Waals surface area (Å²) >= 11 is 1.33. The molecule has 1 amide bonds. The molecular formula is C16H16N4O4S. The van der Waals surface area contributed by atoms with Gasteiger partial charge in [-0.15, -0.1) is 10.2 Å². The number of ether oxygens (including phenoxy) is 2. The van der Waals surface area contributed by atoms with Crippen LogP contribution in [0.15, 0.2) is 28.8 Å². The Balaban J connectivity index is 1.78. The van der Waals surface area contributed by atoms with Crippen molar-refractivity contribution in [1.82, 2.24) is 15.4 Å². The van der Waals surface area contributed by atoms with Crippen LogP contribution < -0.4 is 14.8 Å². The normalized spacial score (nSPS) is 10.5. The number of hydrogen-bond donors (Lipinski definition) is 1. The number of hydrogen-bond acceptors (Lipinski definition) is 8. The van der Waals surface area contributed by atoms with Crippen LogP contribution in [0.2, 0.25) is 0 Å². The Hall–Kier alpha value is -2.94. The first-order chi connectivity index (χ1) is 12.1. The monoisotopic (exact) mass is 360 g/mol. The van der Waals surface area contributed by atoms with E-state index in [9.17, 15) is 4.79 Å². The number of nitrogens with zero attached hydrogens (tertiary/aromatic N) is 3. The third kappa shape index (κ3) is 3.61. The first-order valence-corrected chi connectivity index (χ1v) is 8.29.